The summed E-state index contributed by atoms with van der Waals surface area (Å²) >= 11 is 12.0. The smallest absolute Gasteiger partial charge is 0.0453 e. The van der Waals surface area contributed by atoms with Crippen molar-refractivity contribution in [3.63, 3.8) is 0 Å². The number of terminal acetylenes is 1. The van der Waals surface area contributed by atoms with Crippen molar-refractivity contribution in [3.8, 4) is 12.3 Å². The van der Waals surface area contributed by atoms with Gasteiger partial charge in [-0.15, -0.1) is 12.3 Å². The van der Waals surface area contributed by atoms with E-state index in [1.165, 1.54) is 0 Å². The van der Waals surface area contributed by atoms with E-state index >= 15 is 0 Å². The number of rotatable bonds is 2. The van der Waals surface area contributed by atoms with Crippen LogP contribution in [0.5, 0.6) is 0 Å². The third-order valence-corrected chi connectivity index (χ3v) is 2.56. The molecule has 0 nitrogen and oxygen atoms in total. The van der Waals surface area contributed by atoms with E-state index < -0.39 is 0 Å². The van der Waals surface area contributed by atoms with Gasteiger partial charge in [-0.25, -0.2) is 0 Å². The summed E-state index contributed by atoms with van der Waals surface area (Å²) in [7, 11) is 0. The van der Waals surface area contributed by atoms with Crippen LogP contribution in [0, 0.1) is 18.3 Å². The molecule has 0 radical (unpaired) electrons. The first-order valence-corrected chi connectivity index (χ1v) is 4.79. The summed E-state index contributed by atoms with van der Waals surface area (Å²) in [5.41, 5.74) is 0.941. The molecule has 0 aliphatic carbocycles. The summed E-state index contributed by atoms with van der Waals surface area (Å²) in [5, 5.41) is 1.38. The standard InChI is InChI=1S/C11H10Cl2/c1-3-8(2)7-9-10(12)5-4-6-11(9)13/h1,4-6,8H,7H2,2H3. The summed E-state index contributed by atoms with van der Waals surface area (Å²) in [6, 6.07) is 5.48. The van der Waals surface area contributed by atoms with Crippen LogP contribution in [0.4, 0.5) is 0 Å². The summed E-state index contributed by atoms with van der Waals surface area (Å²) in [6.45, 7) is 1.97. The minimum atomic E-state index is 0.164. The second-order valence-electron chi connectivity index (χ2n) is 2.97. The fourth-order valence-electron chi connectivity index (χ4n) is 1.09. The van der Waals surface area contributed by atoms with Gasteiger partial charge in [0.2, 0.25) is 0 Å². The van der Waals surface area contributed by atoms with Crippen molar-refractivity contribution in [2.24, 2.45) is 5.92 Å². The van der Waals surface area contributed by atoms with Crippen LogP contribution in [0.25, 0.3) is 0 Å². The predicted molar refractivity (Wildman–Crippen MR) is 58.2 cm³/mol. The lowest BCUT2D eigenvalue weighted by molar-refractivity contribution is 0.751. The van der Waals surface area contributed by atoms with E-state index in [0.29, 0.717) is 10.0 Å². The highest BCUT2D eigenvalue weighted by Gasteiger charge is 2.07. The van der Waals surface area contributed by atoms with E-state index in [-0.39, 0.29) is 5.92 Å². The monoisotopic (exact) mass is 212 g/mol. The lowest BCUT2D eigenvalue weighted by atomic mass is 10.0. The number of halogens is 2. The van der Waals surface area contributed by atoms with Crippen LogP contribution < -0.4 is 0 Å². The first kappa shape index (κ1) is 10.4. The summed E-state index contributed by atoms with van der Waals surface area (Å²) in [4.78, 5) is 0. The van der Waals surface area contributed by atoms with Crippen molar-refractivity contribution in [3.05, 3.63) is 33.8 Å². The van der Waals surface area contributed by atoms with Gasteiger partial charge in [0, 0.05) is 16.0 Å². The van der Waals surface area contributed by atoms with Crippen molar-refractivity contribution in [2.45, 2.75) is 13.3 Å². The molecule has 2 heteroatoms. The quantitative estimate of drug-likeness (QED) is 0.655. The van der Waals surface area contributed by atoms with E-state index in [1.807, 2.05) is 25.1 Å². The molecule has 0 aromatic heterocycles. The molecule has 13 heavy (non-hydrogen) atoms. The van der Waals surface area contributed by atoms with Crippen LogP contribution in [0.1, 0.15) is 12.5 Å². The Morgan fingerprint density at radius 1 is 1.38 bits per heavy atom. The Balaban J connectivity index is 2.95. The second kappa shape index (κ2) is 4.56. The zero-order valence-electron chi connectivity index (χ0n) is 7.35. The van der Waals surface area contributed by atoms with Crippen molar-refractivity contribution in [1.82, 2.24) is 0 Å². The van der Waals surface area contributed by atoms with Gasteiger partial charge in [-0.05, 0) is 24.1 Å². The molecule has 0 fully saturated rings. The molecule has 1 atom stereocenters. The van der Waals surface area contributed by atoms with Gasteiger partial charge in [-0.1, -0.05) is 36.2 Å². The van der Waals surface area contributed by atoms with Gasteiger partial charge in [-0.2, -0.15) is 0 Å². The molecule has 1 aromatic rings. The Bertz CT molecular complexity index is 316. The van der Waals surface area contributed by atoms with Gasteiger partial charge in [0.15, 0.2) is 0 Å². The molecule has 0 bridgehead atoms. The van der Waals surface area contributed by atoms with E-state index in [9.17, 15) is 0 Å². The Morgan fingerprint density at radius 3 is 2.38 bits per heavy atom. The van der Waals surface area contributed by atoms with Gasteiger partial charge >= 0.3 is 0 Å². The summed E-state index contributed by atoms with van der Waals surface area (Å²) < 4.78 is 0. The molecule has 1 rings (SSSR count). The molecule has 0 aliphatic heterocycles. The normalized spacial score (nSPS) is 12.2. The Hall–Kier alpha value is -0.640. The van der Waals surface area contributed by atoms with Crippen LogP contribution in [0.2, 0.25) is 10.0 Å². The SMILES string of the molecule is C#CC(C)Cc1c(Cl)cccc1Cl. The molecule has 1 aromatic carbocycles. The van der Waals surface area contributed by atoms with Crippen molar-refractivity contribution < 1.29 is 0 Å². The van der Waals surface area contributed by atoms with E-state index in [4.69, 9.17) is 29.6 Å². The highest BCUT2D eigenvalue weighted by atomic mass is 35.5. The van der Waals surface area contributed by atoms with Crippen LogP contribution in [-0.4, -0.2) is 0 Å². The van der Waals surface area contributed by atoms with Gasteiger partial charge < -0.3 is 0 Å². The van der Waals surface area contributed by atoms with Crippen LogP contribution in [0.3, 0.4) is 0 Å². The van der Waals surface area contributed by atoms with Crippen LogP contribution in [0.15, 0.2) is 18.2 Å². The average molecular weight is 213 g/mol. The molecule has 0 saturated carbocycles. The molecule has 0 aliphatic rings. The van der Waals surface area contributed by atoms with Crippen LogP contribution in [-0.2, 0) is 6.42 Å². The van der Waals surface area contributed by atoms with E-state index in [2.05, 4.69) is 5.92 Å². The van der Waals surface area contributed by atoms with Gasteiger partial charge in [0.25, 0.3) is 0 Å². The number of hydrogen-bond acceptors (Lipinski definition) is 0. The largest absolute Gasteiger partial charge is 0.120 e. The lowest BCUT2D eigenvalue weighted by Crippen LogP contribution is -1.97. The third-order valence-electron chi connectivity index (χ3n) is 1.86. The average Bonchev–Trinajstić information content (AvgIpc) is 2.11. The molecule has 0 amide bonds. The second-order valence-corrected chi connectivity index (χ2v) is 3.79. The predicted octanol–water partition coefficient (Wildman–Crippen LogP) is 3.81. The first-order chi connectivity index (χ1) is 6.15. The molecule has 0 N–H and O–H groups in total. The number of hydrogen-bond donors (Lipinski definition) is 0. The summed E-state index contributed by atoms with van der Waals surface area (Å²) in [6.07, 6.45) is 6.02. The Labute approximate surface area is 88.9 Å². The van der Waals surface area contributed by atoms with Crippen molar-refractivity contribution in [2.75, 3.05) is 0 Å². The third kappa shape index (κ3) is 2.66. The fraction of sp³-hybridized carbons (Fsp3) is 0.273. The van der Waals surface area contributed by atoms with Crippen LogP contribution >= 0.6 is 23.2 Å². The van der Waals surface area contributed by atoms with Gasteiger partial charge in [0.1, 0.15) is 0 Å². The molecule has 0 heterocycles. The van der Waals surface area contributed by atoms with E-state index in [0.717, 1.165) is 12.0 Å². The lowest BCUT2D eigenvalue weighted by Gasteiger charge is -2.08. The zero-order chi connectivity index (χ0) is 9.84. The van der Waals surface area contributed by atoms with E-state index in [1.54, 1.807) is 0 Å². The Morgan fingerprint density at radius 2 is 1.92 bits per heavy atom. The highest BCUT2D eigenvalue weighted by molar-refractivity contribution is 6.35. The first-order valence-electron chi connectivity index (χ1n) is 4.04. The topological polar surface area (TPSA) is 0 Å². The molecule has 1 unspecified atom stereocenters. The zero-order valence-corrected chi connectivity index (χ0v) is 8.86. The maximum absolute atomic E-state index is 5.98. The van der Waals surface area contributed by atoms with Crippen molar-refractivity contribution >= 4 is 23.2 Å². The highest BCUT2D eigenvalue weighted by Crippen LogP contribution is 2.26. The molecular weight excluding hydrogens is 203 g/mol. The molecular formula is C11H10Cl2. The number of benzene rings is 1. The molecule has 0 spiro atoms. The van der Waals surface area contributed by atoms with Gasteiger partial charge in [0.05, 0.1) is 0 Å². The minimum absolute atomic E-state index is 0.164. The van der Waals surface area contributed by atoms with Crippen molar-refractivity contribution in [1.29, 1.82) is 0 Å². The summed E-state index contributed by atoms with van der Waals surface area (Å²) in [5.74, 6) is 2.81. The minimum Gasteiger partial charge on any atom is -0.120 e. The Kier molecular flexibility index (Phi) is 3.66. The fourth-order valence-corrected chi connectivity index (χ4v) is 1.64. The maximum atomic E-state index is 5.98. The molecule has 0 saturated heterocycles. The molecule has 68 valence electrons. The maximum Gasteiger partial charge on any atom is 0.0453 e. The van der Waals surface area contributed by atoms with Gasteiger partial charge in [-0.3, -0.25) is 0 Å².